The topological polar surface area (TPSA) is 70.1 Å². The van der Waals surface area contributed by atoms with Crippen LogP contribution in [0, 0.1) is 0 Å². The van der Waals surface area contributed by atoms with Gasteiger partial charge >= 0.3 is 5.97 Å². The van der Waals surface area contributed by atoms with Crippen molar-refractivity contribution in [2.75, 3.05) is 12.3 Å². The lowest BCUT2D eigenvalue weighted by atomic mass is 10.2. The van der Waals surface area contributed by atoms with Gasteiger partial charge in [-0.2, -0.15) is 5.10 Å². The van der Waals surface area contributed by atoms with Gasteiger partial charge in [-0.3, -0.25) is 4.68 Å². The smallest absolute Gasteiger partial charge is 0.339 e. The largest absolute Gasteiger partial charge is 0.462 e. The number of halogens is 1. The molecule has 1 aromatic carbocycles. The molecule has 1 aromatic heterocycles. The maximum absolute atomic E-state index is 11.9. The van der Waals surface area contributed by atoms with Crippen LogP contribution >= 0.6 is 15.9 Å². The molecular weight excluding hydrogens is 310 g/mol. The molecule has 100 valence electrons. The van der Waals surface area contributed by atoms with Crippen LogP contribution in [-0.4, -0.2) is 22.4 Å². The van der Waals surface area contributed by atoms with Crippen molar-refractivity contribution in [3.63, 3.8) is 0 Å². The third-order valence-electron chi connectivity index (χ3n) is 2.76. The van der Waals surface area contributed by atoms with Gasteiger partial charge in [0, 0.05) is 31.0 Å². The first-order valence-electron chi connectivity index (χ1n) is 5.77. The van der Waals surface area contributed by atoms with E-state index < -0.39 is 0 Å². The number of aromatic nitrogens is 2. The number of nitrogen functional groups attached to an aromatic ring is 1. The molecule has 0 bridgehead atoms. The van der Waals surface area contributed by atoms with Gasteiger partial charge in [-0.25, -0.2) is 4.79 Å². The summed E-state index contributed by atoms with van der Waals surface area (Å²) in [5.41, 5.74) is 7.68. The predicted octanol–water partition coefficient (Wildman–Crippen LogP) is 2.16. The van der Waals surface area contributed by atoms with Gasteiger partial charge in [0.15, 0.2) is 0 Å². The molecule has 0 amide bonds. The number of nitrogens with zero attached hydrogens (tertiary/aromatic N) is 2. The number of hydrogen-bond donors (Lipinski definition) is 1. The maximum Gasteiger partial charge on any atom is 0.339 e. The molecule has 0 fully saturated rings. The summed E-state index contributed by atoms with van der Waals surface area (Å²) in [5, 5.41) is 4.05. The molecule has 2 rings (SSSR count). The van der Waals surface area contributed by atoms with Crippen LogP contribution in [0.1, 0.15) is 16.1 Å². The lowest BCUT2D eigenvalue weighted by molar-refractivity contribution is 0.0506. The fraction of sp³-hybridized carbons (Fsp3) is 0.231. The molecule has 2 N–H and O–H groups in total. The van der Waals surface area contributed by atoms with Crippen LogP contribution in [0.5, 0.6) is 0 Å². The molecule has 0 spiro atoms. The third kappa shape index (κ3) is 3.14. The zero-order valence-corrected chi connectivity index (χ0v) is 12.1. The molecule has 0 saturated carbocycles. The SMILES string of the molecule is Cn1nccc1CCOC(=O)c1cccc(N)c1Br. The average Bonchev–Trinajstić information content (AvgIpc) is 2.78. The van der Waals surface area contributed by atoms with Crippen LogP contribution in [0.4, 0.5) is 5.69 Å². The summed E-state index contributed by atoms with van der Waals surface area (Å²) in [6.07, 6.45) is 2.34. The van der Waals surface area contributed by atoms with Gasteiger partial charge in [0.05, 0.1) is 16.6 Å². The van der Waals surface area contributed by atoms with Crippen molar-refractivity contribution in [2.24, 2.45) is 7.05 Å². The number of hydrogen-bond acceptors (Lipinski definition) is 4. The number of carbonyl (C=O) groups excluding carboxylic acids is 1. The molecule has 19 heavy (non-hydrogen) atoms. The van der Waals surface area contributed by atoms with Crippen molar-refractivity contribution in [3.05, 3.63) is 46.2 Å². The summed E-state index contributed by atoms with van der Waals surface area (Å²) in [4.78, 5) is 11.9. The summed E-state index contributed by atoms with van der Waals surface area (Å²) in [5.74, 6) is -0.388. The van der Waals surface area contributed by atoms with Crippen LogP contribution in [-0.2, 0) is 18.2 Å². The first kappa shape index (κ1) is 13.6. The summed E-state index contributed by atoms with van der Waals surface area (Å²) in [7, 11) is 1.85. The Morgan fingerprint density at radius 1 is 1.47 bits per heavy atom. The lowest BCUT2D eigenvalue weighted by Gasteiger charge is -2.08. The first-order valence-corrected chi connectivity index (χ1v) is 6.57. The summed E-state index contributed by atoms with van der Waals surface area (Å²) in [6.45, 7) is 0.305. The Kier molecular flexibility index (Phi) is 4.21. The average molecular weight is 324 g/mol. The molecule has 0 aliphatic heterocycles. The van der Waals surface area contributed by atoms with E-state index in [1.54, 1.807) is 29.1 Å². The Morgan fingerprint density at radius 2 is 2.26 bits per heavy atom. The number of nitrogens with two attached hydrogens (primary N) is 1. The molecule has 1 heterocycles. The second-order valence-electron chi connectivity index (χ2n) is 4.04. The van der Waals surface area contributed by atoms with Gasteiger partial charge < -0.3 is 10.5 Å². The van der Waals surface area contributed by atoms with Gasteiger partial charge in [-0.1, -0.05) is 6.07 Å². The first-order chi connectivity index (χ1) is 9.09. The third-order valence-corrected chi connectivity index (χ3v) is 3.65. The van der Waals surface area contributed by atoms with E-state index >= 15 is 0 Å². The number of ether oxygens (including phenoxy) is 1. The van der Waals surface area contributed by atoms with Gasteiger partial charge in [-0.15, -0.1) is 0 Å². The van der Waals surface area contributed by atoms with Crippen LogP contribution in [0.3, 0.4) is 0 Å². The molecular formula is C13H14BrN3O2. The molecule has 0 aliphatic carbocycles. The Bertz CT molecular complexity index is 595. The highest BCUT2D eigenvalue weighted by Gasteiger charge is 2.13. The van der Waals surface area contributed by atoms with Crippen molar-refractivity contribution < 1.29 is 9.53 Å². The van der Waals surface area contributed by atoms with E-state index in [1.807, 2.05) is 13.1 Å². The maximum atomic E-state index is 11.9. The van der Waals surface area contributed by atoms with E-state index in [0.29, 0.717) is 28.8 Å². The Morgan fingerprint density at radius 3 is 2.95 bits per heavy atom. The minimum absolute atomic E-state index is 0.305. The zero-order valence-electron chi connectivity index (χ0n) is 10.5. The highest BCUT2D eigenvalue weighted by molar-refractivity contribution is 9.10. The second kappa shape index (κ2) is 5.88. The van der Waals surface area contributed by atoms with E-state index in [0.717, 1.165) is 5.69 Å². The predicted molar refractivity (Wildman–Crippen MR) is 75.7 cm³/mol. The van der Waals surface area contributed by atoms with Crippen LogP contribution < -0.4 is 5.73 Å². The number of benzene rings is 1. The quantitative estimate of drug-likeness (QED) is 0.691. The monoisotopic (exact) mass is 323 g/mol. The van der Waals surface area contributed by atoms with E-state index in [2.05, 4.69) is 21.0 Å². The minimum Gasteiger partial charge on any atom is -0.462 e. The van der Waals surface area contributed by atoms with E-state index in [-0.39, 0.29) is 5.97 Å². The Hall–Kier alpha value is -1.82. The molecule has 0 aliphatic rings. The number of esters is 1. The van der Waals surface area contributed by atoms with Gasteiger partial charge in [0.1, 0.15) is 0 Å². The number of carbonyl (C=O) groups is 1. The Labute approximate surface area is 119 Å². The molecule has 2 aromatic rings. The highest BCUT2D eigenvalue weighted by atomic mass is 79.9. The Balaban J connectivity index is 1.95. The van der Waals surface area contributed by atoms with Gasteiger partial charge in [0.2, 0.25) is 0 Å². The zero-order chi connectivity index (χ0) is 13.8. The molecule has 0 unspecified atom stereocenters. The highest BCUT2D eigenvalue weighted by Crippen LogP contribution is 2.24. The number of anilines is 1. The van der Waals surface area contributed by atoms with Crippen molar-refractivity contribution in [2.45, 2.75) is 6.42 Å². The minimum atomic E-state index is -0.388. The van der Waals surface area contributed by atoms with Crippen LogP contribution in [0.15, 0.2) is 34.9 Å². The summed E-state index contributed by atoms with van der Waals surface area (Å²) >= 11 is 3.28. The van der Waals surface area contributed by atoms with Gasteiger partial charge in [-0.05, 0) is 34.1 Å². The molecule has 5 nitrogen and oxygen atoms in total. The summed E-state index contributed by atoms with van der Waals surface area (Å²) in [6, 6.07) is 7.01. The van der Waals surface area contributed by atoms with E-state index in [4.69, 9.17) is 10.5 Å². The van der Waals surface area contributed by atoms with E-state index in [1.165, 1.54) is 0 Å². The van der Waals surface area contributed by atoms with Crippen molar-refractivity contribution in [3.8, 4) is 0 Å². The van der Waals surface area contributed by atoms with Crippen molar-refractivity contribution >= 4 is 27.6 Å². The van der Waals surface area contributed by atoms with Gasteiger partial charge in [0.25, 0.3) is 0 Å². The van der Waals surface area contributed by atoms with Crippen molar-refractivity contribution in [1.82, 2.24) is 9.78 Å². The van der Waals surface area contributed by atoms with Crippen molar-refractivity contribution in [1.29, 1.82) is 0 Å². The fourth-order valence-electron chi connectivity index (χ4n) is 1.68. The normalized spacial score (nSPS) is 10.4. The van der Waals surface area contributed by atoms with E-state index in [9.17, 15) is 4.79 Å². The summed E-state index contributed by atoms with van der Waals surface area (Å²) < 4.78 is 7.55. The molecule has 0 atom stereocenters. The van der Waals surface area contributed by atoms with Crippen LogP contribution in [0.25, 0.3) is 0 Å². The second-order valence-corrected chi connectivity index (χ2v) is 4.83. The standard InChI is InChI=1S/C13H14BrN3O2/c1-17-9(5-7-16-17)6-8-19-13(18)10-3-2-4-11(15)12(10)14/h2-5,7H,6,8,15H2,1H3. The molecule has 6 heteroatoms. The number of rotatable bonds is 4. The molecule has 0 saturated heterocycles. The molecule has 0 radical (unpaired) electrons. The number of aryl methyl sites for hydroxylation is 1. The fourth-order valence-corrected chi connectivity index (χ4v) is 2.11. The van der Waals surface area contributed by atoms with Crippen LogP contribution in [0.2, 0.25) is 0 Å². The lowest BCUT2D eigenvalue weighted by Crippen LogP contribution is -2.11.